The van der Waals surface area contributed by atoms with E-state index in [1.54, 1.807) is 0 Å². The zero-order valence-electron chi connectivity index (χ0n) is 13.3. The maximum absolute atomic E-state index is 12.3. The summed E-state index contributed by atoms with van der Waals surface area (Å²) in [5.41, 5.74) is 0.818. The van der Waals surface area contributed by atoms with Crippen molar-refractivity contribution in [2.75, 3.05) is 0 Å². The normalized spacial score (nSPS) is 33.7. The highest BCUT2D eigenvalue weighted by atomic mass is 16.8. The SMILES string of the molecule is CC1(C)[C@@H]2CC[C@@]1(C)[C@@H](OC(=O)c1ccc([NH+]([O-])O)cc1)C2. The Balaban J connectivity index is 1.73. The summed E-state index contributed by atoms with van der Waals surface area (Å²) >= 11 is 0. The molecule has 5 heteroatoms. The standard InChI is InChI=1S/C17H23NO4/c1-16(2)12-8-9-17(16,3)14(10-12)22-15(19)11-4-6-13(7-5-11)18(20)21/h4-7,12,14,18,20H,8-10H2,1-3H3/t12-,14+,17+/m1/s1. The van der Waals surface area contributed by atoms with E-state index in [1.165, 1.54) is 30.7 Å². The number of esters is 1. The van der Waals surface area contributed by atoms with Gasteiger partial charge in [0, 0.05) is 17.5 Å². The average molecular weight is 305 g/mol. The number of hydrogen-bond donors (Lipinski definition) is 2. The third kappa shape index (κ3) is 2.16. The Morgan fingerprint density at radius 3 is 2.41 bits per heavy atom. The summed E-state index contributed by atoms with van der Waals surface area (Å²) < 4.78 is 5.78. The van der Waals surface area contributed by atoms with Crippen molar-refractivity contribution in [2.24, 2.45) is 16.7 Å². The van der Waals surface area contributed by atoms with Crippen molar-refractivity contribution in [3.63, 3.8) is 0 Å². The summed E-state index contributed by atoms with van der Waals surface area (Å²) in [6.45, 7) is 6.78. The van der Waals surface area contributed by atoms with Crippen LogP contribution in [0, 0.1) is 22.0 Å². The minimum atomic E-state index is -0.998. The van der Waals surface area contributed by atoms with Gasteiger partial charge in [0.05, 0.1) is 5.56 Å². The van der Waals surface area contributed by atoms with Crippen molar-refractivity contribution >= 4 is 11.7 Å². The van der Waals surface area contributed by atoms with E-state index in [0.29, 0.717) is 11.5 Å². The fourth-order valence-corrected chi connectivity index (χ4v) is 4.25. The topological polar surface area (TPSA) is 74.0 Å². The monoisotopic (exact) mass is 305 g/mol. The van der Waals surface area contributed by atoms with Gasteiger partial charge in [0.15, 0.2) is 5.69 Å². The lowest BCUT2D eigenvalue weighted by Crippen LogP contribution is -2.99. The summed E-state index contributed by atoms with van der Waals surface area (Å²) in [4.78, 5) is 12.3. The molecule has 0 radical (unpaired) electrons. The van der Waals surface area contributed by atoms with Crippen molar-refractivity contribution in [3.8, 4) is 0 Å². The first-order valence-electron chi connectivity index (χ1n) is 7.80. The summed E-state index contributed by atoms with van der Waals surface area (Å²) in [6, 6.07) is 5.91. The molecule has 0 heterocycles. The second-order valence-corrected chi connectivity index (χ2v) is 7.39. The van der Waals surface area contributed by atoms with Gasteiger partial charge in [-0.05, 0) is 42.7 Å². The zero-order valence-corrected chi connectivity index (χ0v) is 13.3. The molecule has 0 aromatic heterocycles. The first kappa shape index (κ1) is 15.5. The fourth-order valence-electron chi connectivity index (χ4n) is 4.25. The molecule has 2 fully saturated rings. The first-order chi connectivity index (χ1) is 10.3. The van der Waals surface area contributed by atoms with Crippen LogP contribution < -0.4 is 5.23 Å². The molecule has 3 rings (SSSR count). The van der Waals surface area contributed by atoms with Crippen molar-refractivity contribution < 1.29 is 20.0 Å². The maximum atomic E-state index is 12.3. The highest BCUT2D eigenvalue weighted by Crippen LogP contribution is 2.66. The Hall–Kier alpha value is -1.43. The predicted molar refractivity (Wildman–Crippen MR) is 80.7 cm³/mol. The van der Waals surface area contributed by atoms with Gasteiger partial charge in [0.1, 0.15) is 6.10 Å². The van der Waals surface area contributed by atoms with Crippen LogP contribution in [0.3, 0.4) is 0 Å². The van der Waals surface area contributed by atoms with Crippen molar-refractivity contribution in [3.05, 3.63) is 35.0 Å². The van der Waals surface area contributed by atoms with Crippen LogP contribution in [0.1, 0.15) is 50.4 Å². The highest BCUT2D eigenvalue weighted by molar-refractivity contribution is 5.89. The van der Waals surface area contributed by atoms with Gasteiger partial charge in [-0.3, -0.25) is 0 Å². The van der Waals surface area contributed by atoms with Gasteiger partial charge in [-0.25, -0.2) is 10.0 Å². The third-order valence-corrected chi connectivity index (χ3v) is 6.33. The second-order valence-electron chi connectivity index (χ2n) is 7.39. The van der Waals surface area contributed by atoms with Crippen molar-refractivity contribution in [2.45, 2.75) is 46.1 Å². The molecule has 2 aliphatic rings. The van der Waals surface area contributed by atoms with Crippen LogP contribution in [0.25, 0.3) is 0 Å². The Kier molecular flexibility index (Phi) is 3.55. The Bertz CT molecular complexity index is 581. The van der Waals surface area contributed by atoms with Gasteiger partial charge in [-0.15, -0.1) is 0 Å². The van der Waals surface area contributed by atoms with Gasteiger partial charge in [-0.1, -0.05) is 20.8 Å². The molecule has 1 aromatic carbocycles. The number of fused-ring (bicyclic) bond motifs is 2. The molecule has 120 valence electrons. The molecule has 5 nitrogen and oxygen atoms in total. The van der Waals surface area contributed by atoms with Crippen LogP contribution in [0.2, 0.25) is 0 Å². The van der Waals surface area contributed by atoms with Crippen molar-refractivity contribution in [1.29, 1.82) is 0 Å². The third-order valence-electron chi connectivity index (χ3n) is 6.33. The molecule has 2 N–H and O–H groups in total. The lowest BCUT2D eigenvalue weighted by atomic mass is 9.70. The minimum Gasteiger partial charge on any atom is -0.595 e. The van der Waals surface area contributed by atoms with Crippen LogP contribution >= 0.6 is 0 Å². The Morgan fingerprint density at radius 2 is 1.95 bits per heavy atom. The molecule has 0 aliphatic heterocycles. The van der Waals surface area contributed by atoms with Gasteiger partial charge < -0.3 is 9.94 Å². The summed E-state index contributed by atoms with van der Waals surface area (Å²) in [7, 11) is 0. The van der Waals surface area contributed by atoms with E-state index in [9.17, 15) is 10.0 Å². The Morgan fingerprint density at radius 1 is 1.32 bits per heavy atom. The molecular formula is C17H23NO4. The van der Waals surface area contributed by atoms with Crippen molar-refractivity contribution in [1.82, 2.24) is 0 Å². The number of rotatable bonds is 3. The number of nitrogens with one attached hydrogen (secondary N) is 1. The number of ether oxygens (including phenoxy) is 1. The quantitative estimate of drug-likeness (QED) is 0.664. The molecule has 4 atom stereocenters. The molecule has 0 saturated heterocycles. The fraction of sp³-hybridized carbons (Fsp3) is 0.588. The second kappa shape index (κ2) is 5.05. The van der Waals surface area contributed by atoms with Crippen LogP contribution in [0.4, 0.5) is 5.69 Å². The highest BCUT2D eigenvalue weighted by Gasteiger charge is 2.62. The maximum Gasteiger partial charge on any atom is 0.338 e. The molecular weight excluding hydrogens is 282 g/mol. The van der Waals surface area contributed by atoms with E-state index in [0.717, 1.165) is 12.8 Å². The molecule has 0 spiro atoms. The molecule has 2 aliphatic carbocycles. The van der Waals surface area contributed by atoms with Crippen LogP contribution in [-0.4, -0.2) is 17.3 Å². The predicted octanol–water partition coefficient (Wildman–Crippen LogP) is 2.46. The summed E-state index contributed by atoms with van der Waals surface area (Å²) in [6.07, 6.45) is 3.20. The summed E-state index contributed by atoms with van der Waals surface area (Å²) in [5.74, 6) is 0.260. The molecule has 2 bridgehead atoms. The molecule has 22 heavy (non-hydrogen) atoms. The minimum absolute atomic E-state index is 0.0360. The smallest absolute Gasteiger partial charge is 0.338 e. The average Bonchev–Trinajstić information content (AvgIpc) is 2.80. The number of hydrogen-bond acceptors (Lipinski definition) is 4. The Labute approximate surface area is 130 Å². The lowest BCUT2D eigenvalue weighted by Gasteiger charge is -2.38. The number of carbonyl (C=O) groups is 1. The number of benzene rings is 1. The molecule has 1 unspecified atom stereocenters. The number of carbonyl (C=O) groups excluding carboxylic acids is 1. The van der Waals surface area contributed by atoms with Gasteiger partial charge >= 0.3 is 5.97 Å². The van der Waals surface area contributed by atoms with Gasteiger partial charge in [-0.2, -0.15) is 5.23 Å². The van der Waals surface area contributed by atoms with E-state index >= 15 is 0 Å². The summed E-state index contributed by atoms with van der Waals surface area (Å²) in [5, 5.41) is 18.7. The largest absolute Gasteiger partial charge is 0.595 e. The van der Waals surface area contributed by atoms with Crippen LogP contribution in [0.5, 0.6) is 0 Å². The zero-order chi connectivity index (χ0) is 16.1. The van der Waals surface area contributed by atoms with Gasteiger partial charge in [0.25, 0.3) is 0 Å². The molecule has 1 aromatic rings. The van der Waals surface area contributed by atoms with Crippen LogP contribution in [0.15, 0.2) is 24.3 Å². The van der Waals surface area contributed by atoms with E-state index in [1.807, 2.05) is 0 Å². The first-order valence-corrected chi connectivity index (χ1v) is 7.80. The van der Waals surface area contributed by atoms with E-state index in [2.05, 4.69) is 20.8 Å². The number of quaternary nitrogens is 1. The van der Waals surface area contributed by atoms with E-state index < -0.39 is 5.23 Å². The van der Waals surface area contributed by atoms with Crippen LogP contribution in [-0.2, 0) is 4.74 Å². The molecule has 0 amide bonds. The van der Waals surface area contributed by atoms with E-state index in [4.69, 9.17) is 9.94 Å². The molecule has 2 saturated carbocycles. The van der Waals surface area contributed by atoms with Gasteiger partial charge in [0.2, 0.25) is 0 Å². The lowest BCUT2D eigenvalue weighted by molar-refractivity contribution is -0.991. The van der Waals surface area contributed by atoms with E-state index in [-0.39, 0.29) is 28.6 Å².